The number of thioether (sulfide) groups is 1. The van der Waals surface area contributed by atoms with E-state index in [1.807, 2.05) is 0 Å². The lowest BCUT2D eigenvalue weighted by Gasteiger charge is -2.27. The quantitative estimate of drug-likeness (QED) is 0.0629. The number of hydrogen-bond acceptors (Lipinski definition) is 13. The number of nitrogens with zero attached hydrogens (tertiary/aromatic N) is 4. The van der Waals surface area contributed by atoms with Crippen LogP contribution >= 0.6 is 51.2 Å². The highest BCUT2D eigenvalue weighted by atomic mass is 79.9. The molecule has 0 aliphatic rings. The van der Waals surface area contributed by atoms with Crippen LogP contribution in [0.25, 0.3) is 11.2 Å². The number of methoxy groups -OCH3 is 3. The molecule has 3 rings (SSSR count). The molecule has 0 amide bonds. The van der Waals surface area contributed by atoms with Gasteiger partial charge in [-0.1, -0.05) is 11.6 Å². The van der Waals surface area contributed by atoms with Gasteiger partial charge < -0.3 is 24.5 Å². The van der Waals surface area contributed by atoms with Gasteiger partial charge in [0.2, 0.25) is 0 Å². The number of ether oxygens (including phenoxy) is 3. The predicted octanol–water partition coefficient (Wildman–Crippen LogP) is 3.57. The van der Waals surface area contributed by atoms with E-state index >= 15 is 0 Å². The molecule has 18 heteroatoms. The van der Waals surface area contributed by atoms with Crippen molar-refractivity contribution in [2.45, 2.75) is 7.57 Å². The lowest BCUT2D eigenvalue weighted by molar-refractivity contribution is -0.286. The number of nitro groups is 1. The van der Waals surface area contributed by atoms with Crippen LogP contribution in [0, 0.1) is 10.1 Å². The Morgan fingerprint density at radius 2 is 1.91 bits per heavy atom. The van der Waals surface area contributed by atoms with E-state index in [-0.39, 0.29) is 41.0 Å². The number of hydrazine groups is 1. The highest BCUT2D eigenvalue weighted by Crippen LogP contribution is 2.54. The Morgan fingerprint density at radius 1 is 1.26 bits per heavy atom. The van der Waals surface area contributed by atoms with E-state index in [4.69, 9.17) is 31.7 Å². The fourth-order valence-corrected chi connectivity index (χ4v) is 6.02. The summed E-state index contributed by atoms with van der Waals surface area (Å²) in [6.07, 6.45) is 1.34. The molecule has 0 aliphatic carbocycles. The molecular weight excluding hydrogens is 583 g/mol. The monoisotopic (exact) mass is 598 g/mol. The molecule has 2 atom stereocenters. The number of nitrogens with two attached hydrogens (primary N) is 1. The SMILES string of the molecule is COc1cc(OC)c(Nc2nc(C(NN)(S[N+](=O)[O-])SC(F)(Cl)Br)nc3nc[nH]c23)c(OC)c1. The van der Waals surface area contributed by atoms with Crippen molar-refractivity contribution in [2.24, 2.45) is 5.84 Å². The van der Waals surface area contributed by atoms with E-state index in [1.165, 1.54) is 27.7 Å². The number of nitrogens with one attached hydrogen (secondary N) is 3. The second-order valence-corrected chi connectivity index (χ2v) is 11.7. The van der Waals surface area contributed by atoms with E-state index in [0.717, 1.165) is 0 Å². The van der Waals surface area contributed by atoms with Gasteiger partial charge in [0, 0.05) is 12.1 Å². The Hall–Kier alpha value is -2.31. The summed E-state index contributed by atoms with van der Waals surface area (Å²) in [4.78, 5) is 27.0. The maximum atomic E-state index is 14.4. The Labute approximate surface area is 213 Å². The number of benzene rings is 1. The molecule has 0 saturated heterocycles. The lowest BCUT2D eigenvalue weighted by Crippen LogP contribution is -2.45. The molecule has 0 radical (unpaired) electrons. The zero-order valence-corrected chi connectivity index (χ0v) is 21.6. The Kier molecular flexibility index (Phi) is 8.14. The fraction of sp³-hybridized carbons (Fsp3) is 0.312. The standard InChI is InChI=1S/C16H17BrClFN8O5S2/c1-30-7-4-8(31-2)10(9(5-7)32-3)23-13-11-12(22-6-21-11)24-14(25-13)15(26-20,34-27(28)29)33-16(17,18)19/h4-6,26H,20H2,1-3H3,(H2,21,22,23,24,25). The van der Waals surface area contributed by atoms with E-state index in [1.54, 1.807) is 12.1 Å². The molecule has 1 aromatic carbocycles. The number of H-pyrrole nitrogens is 1. The average molecular weight is 600 g/mol. The molecule has 184 valence electrons. The molecule has 3 aromatic rings. The van der Waals surface area contributed by atoms with E-state index < -0.39 is 11.9 Å². The van der Waals surface area contributed by atoms with Crippen molar-refractivity contribution in [3.63, 3.8) is 0 Å². The van der Waals surface area contributed by atoms with Gasteiger partial charge in [-0.2, -0.15) is 0 Å². The van der Waals surface area contributed by atoms with Crippen molar-refractivity contribution in [1.82, 2.24) is 25.4 Å². The molecule has 2 aromatic heterocycles. The predicted molar refractivity (Wildman–Crippen MR) is 131 cm³/mol. The Morgan fingerprint density at radius 3 is 2.41 bits per heavy atom. The van der Waals surface area contributed by atoms with Gasteiger partial charge in [-0.15, -0.1) is 0 Å². The van der Waals surface area contributed by atoms with Crippen LogP contribution in [0.15, 0.2) is 18.5 Å². The first-order valence-corrected chi connectivity index (χ1v) is 11.7. The number of aromatic nitrogens is 4. The molecule has 0 aliphatic heterocycles. The molecule has 0 spiro atoms. The van der Waals surface area contributed by atoms with Gasteiger partial charge in [0.25, 0.3) is 19.5 Å². The average Bonchev–Trinajstić information content (AvgIpc) is 3.26. The molecule has 0 saturated carbocycles. The Balaban J connectivity index is 2.21. The molecule has 13 nitrogen and oxygen atoms in total. The van der Waals surface area contributed by atoms with Gasteiger partial charge in [0.1, 0.15) is 32.8 Å². The van der Waals surface area contributed by atoms with Crippen LogP contribution < -0.4 is 30.8 Å². The van der Waals surface area contributed by atoms with Crippen LogP contribution in [0.4, 0.5) is 15.9 Å². The molecule has 0 fully saturated rings. The first-order valence-electron chi connectivity index (χ1n) is 8.92. The second kappa shape index (κ2) is 10.5. The van der Waals surface area contributed by atoms with E-state index in [9.17, 15) is 14.5 Å². The van der Waals surface area contributed by atoms with Crippen molar-refractivity contribution >= 4 is 73.9 Å². The van der Waals surface area contributed by atoms with Crippen LogP contribution in [-0.4, -0.2) is 49.0 Å². The second-order valence-electron chi connectivity index (χ2n) is 6.15. The smallest absolute Gasteiger partial charge is 0.287 e. The zero-order chi connectivity index (χ0) is 25.1. The number of rotatable bonds is 11. The van der Waals surface area contributed by atoms with Crippen molar-refractivity contribution < 1.29 is 22.9 Å². The maximum Gasteiger partial charge on any atom is 0.287 e. The highest BCUT2D eigenvalue weighted by Gasteiger charge is 2.51. The molecular formula is C16H17BrClFN8O5S2. The third-order valence-corrected chi connectivity index (χ3v) is 6.91. The number of hydrogen-bond donors (Lipinski definition) is 4. The van der Waals surface area contributed by atoms with Gasteiger partial charge in [-0.3, -0.25) is 16.0 Å². The van der Waals surface area contributed by atoms with Crippen molar-refractivity contribution in [3.05, 3.63) is 34.4 Å². The summed E-state index contributed by atoms with van der Waals surface area (Å²) in [7, 11) is 4.38. The molecule has 34 heavy (non-hydrogen) atoms. The summed E-state index contributed by atoms with van der Waals surface area (Å²) < 4.78 is 25.0. The van der Waals surface area contributed by atoms with Crippen LogP contribution in [0.3, 0.4) is 0 Å². The number of fused-ring (bicyclic) bond motifs is 1. The van der Waals surface area contributed by atoms with Crippen molar-refractivity contribution in [1.29, 1.82) is 0 Å². The highest BCUT2D eigenvalue weighted by molar-refractivity contribution is 9.12. The summed E-state index contributed by atoms with van der Waals surface area (Å²) in [6.45, 7) is 0. The van der Waals surface area contributed by atoms with Gasteiger partial charge in [0.05, 0.1) is 27.7 Å². The summed E-state index contributed by atoms with van der Waals surface area (Å²) in [6, 6.07) is 3.22. The maximum absolute atomic E-state index is 14.4. The molecule has 5 N–H and O–H groups in total. The summed E-state index contributed by atoms with van der Waals surface area (Å²) in [5, 5.41) is 14.4. The largest absolute Gasteiger partial charge is 0.496 e. The Bertz CT molecular complexity index is 1180. The van der Waals surface area contributed by atoms with Crippen LogP contribution in [0.5, 0.6) is 17.2 Å². The van der Waals surface area contributed by atoms with Crippen LogP contribution in [0.1, 0.15) is 5.82 Å². The number of alkyl halides is 3. The number of anilines is 2. The van der Waals surface area contributed by atoms with E-state index in [2.05, 4.69) is 46.6 Å². The van der Waals surface area contributed by atoms with Crippen molar-refractivity contribution in [2.75, 3.05) is 26.6 Å². The normalized spacial score (nSPS) is 14.8. The lowest BCUT2D eigenvalue weighted by atomic mass is 10.2. The molecule has 2 heterocycles. The third kappa shape index (κ3) is 5.66. The van der Waals surface area contributed by atoms with Gasteiger partial charge in [-0.25, -0.2) is 24.8 Å². The number of halogens is 3. The molecule has 2 unspecified atom stereocenters. The van der Waals surface area contributed by atoms with Gasteiger partial charge in [0.15, 0.2) is 17.3 Å². The van der Waals surface area contributed by atoms with E-state index in [0.29, 0.717) is 28.5 Å². The van der Waals surface area contributed by atoms with Gasteiger partial charge >= 0.3 is 0 Å². The zero-order valence-electron chi connectivity index (χ0n) is 17.6. The summed E-state index contributed by atoms with van der Waals surface area (Å²) in [5.41, 5.74) is 3.00. The fourth-order valence-electron chi connectivity index (χ4n) is 2.81. The third-order valence-electron chi connectivity index (χ3n) is 4.19. The minimum atomic E-state index is -2.65. The minimum absolute atomic E-state index is 0.0113. The van der Waals surface area contributed by atoms with Crippen LogP contribution in [0.2, 0.25) is 0 Å². The number of imidazole rings is 1. The summed E-state index contributed by atoms with van der Waals surface area (Å²) in [5.74, 6) is 6.58. The van der Waals surface area contributed by atoms with Crippen LogP contribution in [-0.2, 0) is 4.20 Å². The van der Waals surface area contributed by atoms with Gasteiger partial charge in [-0.05, 0) is 27.7 Å². The van der Waals surface area contributed by atoms with Crippen molar-refractivity contribution in [3.8, 4) is 17.2 Å². The first kappa shape index (κ1) is 26.3. The summed E-state index contributed by atoms with van der Waals surface area (Å²) >= 11 is 8.48. The first-order chi connectivity index (χ1) is 16.1. The number of aromatic amines is 1. The molecule has 0 bridgehead atoms. The minimum Gasteiger partial charge on any atom is -0.496 e. The topological polar surface area (TPSA) is 175 Å².